The predicted octanol–water partition coefficient (Wildman–Crippen LogP) is 0.175. The van der Waals surface area contributed by atoms with Gasteiger partial charge in [0, 0.05) is 12.1 Å². The van der Waals surface area contributed by atoms with Crippen molar-refractivity contribution in [1.82, 2.24) is 10.2 Å². The van der Waals surface area contributed by atoms with Gasteiger partial charge in [0.1, 0.15) is 0 Å². The SMILES string of the molecule is CN(C)CC(=O)NCc1ccccc1C#CCN. The minimum absolute atomic E-state index is 0.00147. The largest absolute Gasteiger partial charge is 0.351 e. The number of benzene rings is 1. The Balaban J connectivity index is 2.64. The van der Waals surface area contributed by atoms with Crippen molar-refractivity contribution in [3.8, 4) is 11.8 Å². The Kier molecular flexibility index (Phi) is 5.92. The second kappa shape index (κ2) is 7.49. The summed E-state index contributed by atoms with van der Waals surface area (Å²) in [6.45, 7) is 1.21. The van der Waals surface area contributed by atoms with Crippen LogP contribution in [0.25, 0.3) is 0 Å². The molecule has 0 fully saturated rings. The summed E-state index contributed by atoms with van der Waals surface area (Å²) >= 11 is 0. The van der Waals surface area contributed by atoms with E-state index < -0.39 is 0 Å². The lowest BCUT2D eigenvalue weighted by Gasteiger charge is -2.10. The van der Waals surface area contributed by atoms with Crippen LogP contribution in [-0.4, -0.2) is 38.0 Å². The van der Waals surface area contributed by atoms with Gasteiger partial charge < -0.3 is 16.0 Å². The van der Waals surface area contributed by atoms with E-state index in [1.54, 1.807) is 0 Å². The van der Waals surface area contributed by atoms with Gasteiger partial charge in [0.25, 0.3) is 0 Å². The van der Waals surface area contributed by atoms with Crippen molar-refractivity contribution in [3.63, 3.8) is 0 Å². The predicted molar refractivity (Wildman–Crippen MR) is 72.8 cm³/mol. The smallest absolute Gasteiger partial charge is 0.234 e. The fourth-order valence-corrected chi connectivity index (χ4v) is 1.48. The lowest BCUT2D eigenvalue weighted by molar-refractivity contribution is -0.121. The monoisotopic (exact) mass is 245 g/mol. The average molecular weight is 245 g/mol. The molecule has 1 rings (SSSR count). The fourth-order valence-electron chi connectivity index (χ4n) is 1.48. The standard InChI is InChI=1S/C14H19N3O/c1-17(2)11-14(18)16-10-13-7-4-3-6-12(13)8-5-9-15/h3-4,6-7H,9-11,15H2,1-2H3,(H,16,18). The van der Waals surface area contributed by atoms with Crippen molar-refractivity contribution in [2.75, 3.05) is 27.2 Å². The molecule has 1 aromatic rings. The highest BCUT2D eigenvalue weighted by Crippen LogP contribution is 2.06. The molecule has 0 spiro atoms. The molecular formula is C14H19N3O. The molecule has 0 radical (unpaired) electrons. The molecule has 96 valence electrons. The number of hydrogen-bond donors (Lipinski definition) is 2. The summed E-state index contributed by atoms with van der Waals surface area (Å²) in [6, 6.07) is 7.74. The average Bonchev–Trinajstić information content (AvgIpc) is 2.34. The lowest BCUT2D eigenvalue weighted by atomic mass is 10.1. The second-order valence-corrected chi connectivity index (χ2v) is 4.18. The zero-order chi connectivity index (χ0) is 13.4. The minimum atomic E-state index is 0.00147. The van der Waals surface area contributed by atoms with E-state index in [0.717, 1.165) is 11.1 Å². The molecule has 0 aromatic heterocycles. The van der Waals surface area contributed by atoms with E-state index >= 15 is 0 Å². The third kappa shape index (κ3) is 5.00. The second-order valence-electron chi connectivity index (χ2n) is 4.18. The fraction of sp³-hybridized carbons (Fsp3) is 0.357. The van der Waals surface area contributed by atoms with Crippen molar-refractivity contribution in [3.05, 3.63) is 35.4 Å². The number of nitrogens with one attached hydrogen (secondary N) is 1. The Bertz CT molecular complexity index is 458. The zero-order valence-corrected chi connectivity index (χ0v) is 10.9. The van der Waals surface area contributed by atoms with Crippen LogP contribution in [-0.2, 0) is 11.3 Å². The normalized spacial score (nSPS) is 9.78. The highest BCUT2D eigenvalue weighted by Gasteiger charge is 2.04. The summed E-state index contributed by atoms with van der Waals surface area (Å²) in [5.41, 5.74) is 7.27. The van der Waals surface area contributed by atoms with Crippen LogP contribution in [0, 0.1) is 11.8 Å². The van der Waals surface area contributed by atoms with E-state index in [1.165, 1.54) is 0 Å². The molecule has 1 aromatic carbocycles. The summed E-state index contributed by atoms with van der Waals surface area (Å²) < 4.78 is 0. The van der Waals surface area contributed by atoms with Gasteiger partial charge in [-0.3, -0.25) is 4.79 Å². The van der Waals surface area contributed by atoms with Gasteiger partial charge in [-0.15, -0.1) is 0 Å². The quantitative estimate of drug-likeness (QED) is 0.744. The van der Waals surface area contributed by atoms with Gasteiger partial charge in [0.05, 0.1) is 13.1 Å². The van der Waals surface area contributed by atoms with Crippen molar-refractivity contribution in [2.45, 2.75) is 6.54 Å². The molecule has 4 heteroatoms. The lowest BCUT2D eigenvalue weighted by Crippen LogP contribution is -2.32. The minimum Gasteiger partial charge on any atom is -0.351 e. The molecule has 0 bridgehead atoms. The number of rotatable bonds is 4. The summed E-state index contributed by atoms with van der Waals surface area (Å²) in [6.07, 6.45) is 0. The maximum Gasteiger partial charge on any atom is 0.234 e. The first-order valence-electron chi connectivity index (χ1n) is 5.81. The number of nitrogens with zero attached hydrogens (tertiary/aromatic N) is 1. The summed E-state index contributed by atoms with van der Waals surface area (Å²) in [4.78, 5) is 13.4. The Hall–Kier alpha value is -1.83. The van der Waals surface area contributed by atoms with Crippen LogP contribution >= 0.6 is 0 Å². The highest BCUT2D eigenvalue weighted by atomic mass is 16.1. The Morgan fingerprint density at radius 1 is 1.39 bits per heavy atom. The molecule has 0 heterocycles. The number of carbonyl (C=O) groups excluding carboxylic acids is 1. The van der Waals surface area contributed by atoms with Crippen molar-refractivity contribution in [1.29, 1.82) is 0 Å². The Morgan fingerprint density at radius 3 is 2.78 bits per heavy atom. The third-order valence-electron chi connectivity index (χ3n) is 2.28. The van der Waals surface area contributed by atoms with Gasteiger partial charge in [0.15, 0.2) is 0 Å². The van der Waals surface area contributed by atoms with Crippen LogP contribution in [0.5, 0.6) is 0 Å². The first-order chi connectivity index (χ1) is 8.63. The number of amides is 1. The van der Waals surface area contributed by atoms with E-state index in [9.17, 15) is 4.79 Å². The summed E-state index contributed by atoms with van der Waals surface area (Å²) in [7, 11) is 3.72. The molecule has 18 heavy (non-hydrogen) atoms. The van der Waals surface area contributed by atoms with Crippen LogP contribution in [0.3, 0.4) is 0 Å². The molecule has 0 aliphatic heterocycles. The van der Waals surface area contributed by atoms with E-state index in [1.807, 2.05) is 43.3 Å². The van der Waals surface area contributed by atoms with Gasteiger partial charge in [0.2, 0.25) is 5.91 Å². The van der Waals surface area contributed by atoms with Gasteiger partial charge >= 0.3 is 0 Å². The molecule has 0 atom stereocenters. The van der Waals surface area contributed by atoms with E-state index in [0.29, 0.717) is 19.6 Å². The Morgan fingerprint density at radius 2 is 2.11 bits per heavy atom. The van der Waals surface area contributed by atoms with Crippen LogP contribution in [0.15, 0.2) is 24.3 Å². The topological polar surface area (TPSA) is 58.4 Å². The van der Waals surface area contributed by atoms with Gasteiger partial charge in [-0.1, -0.05) is 30.0 Å². The molecular weight excluding hydrogens is 226 g/mol. The number of carbonyl (C=O) groups is 1. The number of likely N-dealkylation sites (N-methyl/N-ethyl adjacent to an activating group) is 1. The molecule has 0 saturated carbocycles. The third-order valence-corrected chi connectivity index (χ3v) is 2.28. The number of hydrogen-bond acceptors (Lipinski definition) is 3. The van der Waals surface area contributed by atoms with Gasteiger partial charge in [-0.25, -0.2) is 0 Å². The molecule has 3 N–H and O–H groups in total. The molecule has 0 aliphatic rings. The van der Waals surface area contributed by atoms with Crippen LogP contribution in [0.1, 0.15) is 11.1 Å². The van der Waals surface area contributed by atoms with Crippen molar-refractivity contribution < 1.29 is 4.79 Å². The van der Waals surface area contributed by atoms with Crippen LogP contribution in [0.4, 0.5) is 0 Å². The Labute approximate surface area is 108 Å². The van der Waals surface area contributed by atoms with Gasteiger partial charge in [-0.2, -0.15) is 0 Å². The number of nitrogens with two attached hydrogens (primary N) is 1. The van der Waals surface area contributed by atoms with E-state index in [2.05, 4.69) is 17.2 Å². The maximum atomic E-state index is 11.5. The summed E-state index contributed by atoms with van der Waals surface area (Å²) in [5.74, 6) is 5.82. The highest BCUT2D eigenvalue weighted by molar-refractivity contribution is 5.78. The van der Waals surface area contributed by atoms with Gasteiger partial charge in [-0.05, 0) is 25.7 Å². The zero-order valence-electron chi connectivity index (χ0n) is 10.9. The molecule has 1 amide bonds. The molecule has 4 nitrogen and oxygen atoms in total. The molecule has 0 aliphatic carbocycles. The first-order valence-corrected chi connectivity index (χ1v) is 5.81. The maximum absolute atomic E-state index is 11.5. The van der Waals surface area contributed by atoms with Crippen LogP contribution in [0.2, 0.25) is 0 Å². The first kappa shape index (κ1) is 14.2. The van der Waals surface area contributed by atoms with Crippen molar-refractivity contribution in [2.24, 2.45) is 5.73 Å². The van der Waals surface area contributed by atoms with Crippen molar-refractivity contribution >= 4 is 5.91 Å². The van der Waals surface area contributed by atoms with E-state index in [-0.39, 0.29) is 5.91 Å². The van der Waals surface area contributed by atoms with E-state index in [4.69, 9.17) is 5.73 Å². The molecule has 0 unspecified atom stereocenters. The molecule has 0 saturated heterocycles. The summed E-state index contributed by atoms with van der Waals surface area (Å²) in [5, 5.41) is 2.87. The van der Waals surface area contributed by atoms with Crippen LogP contribution < -0.4 is 11.1 Å².